The van der Waals surface area contributed by atoms with Crippen LogP contribution in [-0.2, 0) is 25.6 Å². The predicted molar refractivity (Wildman–Crippen MR) is 142 cm³/mol. The second kappa shape index (κ2) is 13.9. The molecule has 1 aromatic carbocycles. The fourth-order valence-electron chi connectivity index (χ4n) is 3.79. The molecule has 0 saturated heterocycles. The Morgan fingerprint density at radius 3 is 2.31 bits per heavy atom. The van der Waals surface area contributed by atoms with Crippen molar-refractivity contribution in [3.63, 3.8) is 0 Å². The van der Waals surface area contributed by atoms with Crippen LogP contribution in [0.3, 0.4) is 0 Å². The third-order valence-electron chi connectivity index (χ3n) is 5.77. The topological polar surface area (TPSA) is 166 Å². The molecule has 10 nitrogen and oxygen atoms in total. The highest BCUT2D eigenvalue weighted by Gasteiger charge is 2.29. The van der Waals surface area contributed by atoms with E-state index in [1.165, 1.54) is 18.7 Å². The van der Waals surface area contributed by atoms with Crippen molar-refractivity contribution in [1.82, 2.24) is 20.9 Å². The van der Waals surface area contributed by atoms with Crippen LogP contribution in [0, 0.1) is 5.92 Å². The van der Waals surface area contributed by atoms with E-state index in [0.29, 0.717) is 12.2 Å². The Kier molecular flexibility index (Phi) is 11.3. The van der Waals surface area contributed by atoms with Gasteiger partial charge in [-0.1, -0.05) is 32.0 Å². The van der Waals surface area contributed by atoms with Crippen molar-refractivity contribution in [2.45, 2.75) is 64.2 Å². The number of rotatable bonds is 14. The highest BCUT2D eigenvalue weighted by molar-refractivity contribution is 7.98. The molecule has 11 heteroatoms. The van der Waals surface area contributed by atoms with Gasteiger partial charge in [-0.25, -0.2) is 4.79 Å². The van der Waals surface area contributed by atoms with Gasteiger partial charge in [0, 0.05) is 23.5 Å². The summed E-state index contributed by atoms with van der Waals surface area (Å²) in [5.41, 5.74) is 7.75. The van der Waals surface area contributed by atoms with Gasteiger partial charge in [0.1, 0.15) is 18.1 Å². The molecule has 3 amide bonds. The maximum Gasteiger partial charge on any atom is 0.326 e. The van der Waals surface area contributed by atoms with Crippen molar-refractivity contribution >= 4 is 46.4 Å². The van der Waals surface area contributed by atoms with Crippen LogP contribution in [0.1, 0.15) is 39.2 Å². The first-order chi connectivity index (χ1) is 17.0. The summed E-state index contributed by atoms with van der Waals surface area (Å²) in [4.78, 5) is 53.2. The second-order valence-electron chi connectivity index (χ2n) is 9.27. The zero-order valence-electron chi connectivity index (χ0n) is 21.2. The lowest BCUT2D eigenvalue weighted by atomic mass is 10.0. The van der Waals surface area contributed by atoms with E-state index in [1.807, 2.05) is 44.4 Å². The number of carboxylic acids is 1. The third kappa shape index (κ3) is 8.56. The van der Waals surface area contributed by atoms with E-state index in [2.05, 4.69) is 20.9 Å². The molecule has 1 heterocycles. The normalized spacial score (nSPS) is 14.6. The summed E-state index contributed by atoms with van der Waals surface area (Å²) >= 11 is 1.47. The molecule has 4 atom stereocenters. The molecule has 0 radical (unpaired) electrons. The number of thioether (sulfide) groups is 1. The lowest BCUT2D eigenvalue weighted by molar-refractivity contribution is -0.142. The summed E-state index contributed by atoms with van der Waals surface area (Å²) in [6.45, 7) is 5.37. The Bertz CT molecular complexity index is 1060. The quantitative estimate of drug-likeness (QED) is 0.219. The molecule has 0 aliphatic carbocycles. The fourth-order valence-corrected chi connectivity index (χ4v) is 4.26. The van der Waals surface area contributed by atoms with Gasteiger partial charge in [0.05, 0.1) is 6.04 Å². The Morgan fingerprint density at radius 1 is 1.00 bits per heavy atom. The maximum absolute atomic E-state index is 13.2. The van der Waals surface area contributed by atoms with Crippen molar-refractivity contribution in [3.05, 3.63) is 36.0 Å². The molecule has 0 saturated carbocycles. The molecule has 4 unspecified atom stereocenters. The van der Waals surface area contributed by atoms with E-state index in [9.17, 15) is 24.3 Å². The van der Waals surface area contributed by atoms with Gasteiger partial charge >= 0.3 is 5.97 Å². The smallest absolute Gasteiger partial charge is 0.326 e. The molecule has 0 fully saturated rings. The molecule has 36 heavy (non-hydrogen) atoms. The summed E-state index contributed by atoms with van der Waals surface area (Å²) in [5.74, 6) is -2.02. The van der Waals surface area contributed by atoms with Crippen molar-refractivity contribution in [2.24, 2.45) is 11.7 Å². The number of carbonyl (C=O) groups excluding carboxylic acids is 3. The standard InChI is InChI=1S/C25H37N5O5S/c1-14(2)11-18(26)23(32)30-21(12-16-13-27-19-8-6-5-7-17(16)19)24(33)28-15(3)22(31)29-20(25(34)35)9-10-36-4/h5-8,13-15,18,20-21,27H,9-12,26H2,1-4H3,(H,28,33)(H,29,31)(H,30,32)(H,34,35). The number of benzene rings is 1. The number of hydrogen-bond acceptors (Lipinski definition) is 6. The van der Waals surface area contributed by atoms with Gasteiger partial charge in [-0.3, -0.25) is 14.4 Å². The van der Waals surface area contributed by atoms with Crippen LogP contribution in [0.5, 0.6) is 0 Å². The van der Waals surface area contributed by atoms with E-state index in [0.717, 1.165) is 16.5 Å². The SMILES string of the molecule is CSCCC(NC(=O)C(C)NC(=O)C(Cc1c[nH]c2ccccc12)NC(=O)C(N)CC(C)C)C(=O)O. The van der Waals surface area contributed by atoms with E-state index in [4.69, 9.17) is 5.73 Å². The summed E-state index contributed by atoms with van der Waals surface area (Å²) in [6, 6.07) is 3.76. The van der Waals surface area contributed by atoms with Crippen LogP contribution in [0.4, 0.5) is 0 Å². The minimum Gasteiger partial charge on any atom is -0.480 e. The number of H-pyrrole nitrogens is 1. The lowest BCUT2D eigenvalue weighted by Gasteiger charge is -2.24. The third-order valence-corrected chi connectivity index (χ3v) is 6.42. The lowest BCUT2D eigenvalue weighted by Crippen LogP contribution is -2.57. The van der Waals surface area contributed by atoms with Crippen molar-refractivity contribution in [3.8, 4) is 0 Å². The van der Waals surface area contributed by atoms with Gasteiger partial charge in [-0.05, 0) is 49.3 Å². The molecule has 1 aromatic heterocycles. The number of carboxylic acid groups (broad SMARTS) is 1. The molecule has 0 aliphatic heterocycles. The molecule has 198 valence electrons. The number of nitrogens with two attached hydrogens (primary N) is 1. The maximum atomic E-state index is 13.2. The number of carbonyl (C=O) groups is 4. The minimum absolute atomic E-state index is 0.176. The number of amides is 3. The second-order valence-corrected chi connectivity index (χ2v) is 10.3. The Hall–Kier alpha value is -3.05. The first kappa shape index (κ1) is 29.2. The Balaban J connectivity index is 2.16. The van der Waals surface area contributed by atoms with Crippen LogP contribution in [0.25, 0.3) is 10.9 Å². The van der Waals surface area contributed by atoms with Crippen molar-refractivity contribution in [2.75, 3.05) is 12.0 Å². The van der Waals surface area contributed by atoms with Crippen LogP contribution in [-0.4, -0.2) is 70.0 Å². The van der Waals surface area contributed by atoms with Crippen LogP contribution >= 0.6 is 11.8 Å². The van der Waals surface area contributed by atoms with Crippen molar-refractivity contribution in [1.29, 1.82) is 0 Å². The average Bonchev–Trinajstić information content (AvgIpc) is 3.23. The van der Waals surface area contributed by atoms with Crippen LogP contribution in [0.15, 0.2) is 30.5 Å². The molecule has 0 spiro atoms. The van der Waals surface area contributed by atoms with Crippen LogP contribution in [0.2, 0.25) is 0 Å². The zero-order valence-corrected chi connectivity index (χ0v) is 22.0. The van der Waals surface area contributed by atoms with Gasteiger partial charge in [0.2, 0.25) is 17.7 Å². The fraction of sp³-hybridized carbons (Fsp3) is 0.520. The number of aromatic amines is 1. The first-order valence-electron chi connectivity index (χ1n) is 12.0. The number of hydrogen-bond donors (Lipinski definition) is 6. The van der Waals surface area contributed by atoms with Crippen molar-refractivity contribution < 1.29 is 24.3 Å². The Labute approximate surface area is 215 Å². The largest absolute Gasteiger partial charge is 0.480 e. The zero-order chi connectivity index (χ0) is 26.8. The summed E-state index contributed by atoms with van der Waals surface area (Å²) in [6.07, 6.45) is 4.52. The van der Waals surface area contributed by atoms with E-state index in [-0.39, 0.29) is 18.8 Å². The number of para-hydroxylation sites is 1. The average molecular weight is 520 g/mol. The van der Waals surface area contributed by atoms with Gasteiger partial charge < -0.3 is 31.8 Å². The molecule has 2 rings (SSSR count). The number of nitrogens with one attached hydrogen (secondary N) is 4. The summed E-state index contributed by atoms with van der Waals surface area (Å²) in [5, 5.41) is 18.1. The van der Waals surface area contributed by atoms with E-state index in [1.54, 1.807) is 6.20 Å². The molecule has 7 N–H and O–H groups in total. The molecule has 2 aromatic rings. The van der Waals surface area contributed by atoms with Crippen LogP contribution < -0.4 is 21.7 Å². The summed E-state index contributed by atoms with van der Waals surface area (Å²) in [7, 11) is 0. The highest BCUT2D eigenvalue weighted by atomic mass is 32.2. The molecule has 0 aliphatic rings. The van der Waals surface area contributed by atoms with E-state index >= 15 is 0 Å². The highest BCUT2D eigenvalue weighted by Crippen LogP contribution is 2.19. The van der Waals surface area contributed by atoms with Gasteiger partial charge in [0.15, 0.2) is 0 Å². The Morgan fingerprint density at radius 2 is 1.67 bits per heavy atom. The summed E-state index contributed by atoms with van der Waals surface area (Å²) < 4.78 is 0. The van der Waals surface area contributed by atoms with Gasteiger partial charge in [-0.15, -0.1) is 0 Å². The minimum atomic E-state index is -1.14. The van der Waals surface area contributed by atoms with E-state index < -0.39 is 47.9 Å². The molecular weight excluding hydrogens is 482 g/mol. The van der Waals surface area contributed by atoms with Gasteiger partial charge in [-0.2, -0.15) is 11.8 Å². The first-order valence-corrected chi connectivity index (χ1v) is 13.4. The number of aromatic nitrogens is 1. The predicted octanol–water partition coefficient (Wildman–Crippen LogP) is 1.40. The monoisotopic (exact) mass is 519 g/mol. The van der Waals surface area contributed by atoms with Gasteiger partial charge in [0.25, 0.3) is 0 Å². The number of aliphatic carboxylic acids is 1. The molecular formula is C25H37N5O5S. The molecule has 0 bridgehead atoms. The number of fused-ring (bicyclic) bond motifs is 1.